The summed E-state index contributed by atoms with van der Waals surface area (Å²) in [6, 6.07) is 0. The lowest BCUT2D eigenvalue weighted by Crippen LogP contribution is -2.22. The zero-order valence-electron chi connectivity index (χ0n) is 10.3. The van der Waals surface area contributed by atoms with Gasteiger partial charge in [0.2, 0.25) is 0 Å². The number of rotatable bonds is 3. The summed E-state index contributed by atoms with van der Waals surface area (Å²) in [7, 11) is 1.15. The first-order valence-electron chi connectivity index (χ1n) is 5.49. The van der Waals surface area contributed by atoms with Crippen molar-refractivity contribution >= 4 is 11.9 Å². The number of methoxy groups -OCH3 is 1. The average molecular weight is 275 g/mol. The number of ether oxygens (including phenoxy) is 1. The molecule has 20 heavy (non-hydrogen) atoms. The van der Waals surface area contributed by atoms with Gasteiger partial charge < -0.3 is 9.72 Å². The maximum absolute atomic E-state index is 11.6. The number of hydrogen-bond acceptors (Lipinski definition) is 6. The summed E-state index contributed by atoms with van der Waals surface area (Å²) >= 11 is 0. The second-order valence-electron chi connectivity index (χ2n) is 3.84. The van der Waals surface area contributed by atoms with E-state index >= 15 is 0 Å². The van der Waals surface area contributed by atoms with E-state index in [0.717, 1.165) is 13.2 Å². The highest BCUT2D eigenvalue weighted by Crippen LogP contribution is 2.36. The van der Waals surface area contributed by atoms with Crippen LogP contribution < -0.4 is 0 Å². The summed E-state index contributed by atoms with van der Waals surface area (Å²) < 4.78 is 4.55. The first-order valence-corrected chi connectivity index (χ1v) is 5.49. The molecule has 0 saturated heterocycles. The molecule has 8 heteroatoms. The monoisotopic (exact) mass is 275 g/mol. The Hall–Kier alpha value is -2.99. The quantitative estimate of drug-likeness (QED) is 0.372. The number of aromatic amines is 1. The molecule has 0 aliphatic heterocycles. The topological polar surface area (TPSA) is 115 Å². The van der Waals surface area contributed by atoms with Gasteiger partial charge in [-0.25, -0.2) is 14.6 Å². The average Bonchev–Trinajstić information content (AvgIpc) is 2.98. The lowest BCUT2D eigenvalue weighted by atomic mass is 9.86. The zero-order valence-corrected chi connectivity index (χ0v) is 10.3. The second-order valence-corrected chi connectivity index (χ2v) is 3.84. The van der Waals surface area contributed by atoms with Gasteiger partial charge in [0.15, 0.2) is 0 Å². The number of aromatic nitrogens is 2. The maximum atomic E-state index is 11.6. The Morgan fingerprint density at radius 3 is 2.80 bits per heavy atom. The first-order chi connectivity index (χ1) is 9.60. The lowest BCUT2D eigenvalue weighted by molar-refractivity contribution is -0.429. The summed E-state index contributed by atoms with van der Waals surface area (Å²) in [5.74, 6) is -0.0857. The van der Waals surface area contributed by atoms with Crippen molar-refractivity contribution in [2.24, 2.45) is 0 Å². The van der Waals surface area contributed by atoms with Crippen LogP contribution in [0.2, 0.25) is 0 Å². The minimum Gasteiger partial charge on any atom is -0.465 e. The van der Waals surface area contributed by atoms with Gasteiger partial charge in [0.1, 0.15) is 17.7 Å². The van der Waals surface area contributed by atoms with Gasteiger partial charge in [-0.1, -0.05) is 0 Å². The fourth-order valence-corrected chi connectivity index (χ4v) is 1.94. The molecule has 0 fully saturated rings. The molecule has 1 heterocycles. The molecule has 0 saturated carbocycles. The molecule has 2 rings (SSSR count). The number of H-pyrrole nitrogens is 1. The van der Waals surface area contributed by atoms with Crippen LogP contribution in [0.15, 0.2) is 41.4 Å². The van der Waals surface area contributed by atoms with Crippen LogP contribution in [0, 0.1) is 10.1 Å². The lowest BCUT2D eigenvalue weighted by Gasteiger charge is -2.17. The third kappa shape index (κ3) is 2.15. The number of hydrogen-bond donors (Lipinski definition) is 1. The van der Waals surface area contributed by atoms with Gasteiger partial charge in [-0.2, -0.15) is 0 Å². The fraction of sp³-hybridized carbons (Fsp3) is 0.167. The molecule has 1 aromatic heterocycles. The van der Waals surface area contributed by atoms with E-state index in [9.17, 15) is 19.7 Å². The van der Waals surface area contributed by atoms with Gasteiger partial charge in [-0.3, -0.25) is 10.1 Å². The molecule has 1 aromatic rings. The highest BCUT2D eigenvalue weighted by atomic mass is 16.6. The largest absolute Gasteiger partial charge is 0.465 e. The van der Waals surface area contributed by atoms with Crippen molar-refractivity contribution in [2.75, 3.05) is 7.11 Å². The van der Waals surface area contributed by atoms with Gasteiger partial charge in [0, 0.05) is 18.5 Å². The smallest absolute Gasteiger partial charge is 0.338 e. The molecule has 8 nitrogen and oxygen atoms in total. The van der Waals surface area contributed by atoms with Crippen molar-refractivity contribution in [3.8, 4) is 0 Å². The highest BCUT2D eigenvalue weighted by Gasteiger charge is 2.39. The maximum Gasteiger partial charge on any atom is 0.338 e. The Morgan fingerprint density at radius 2 is 2.30 bits per heavy atom. The normalized spacial score (nSPS) is 17.9. The van der Waals surface area contributed by atoms with Crippen LogP contribution in [0.5, 0.6) is 0 Å². The van der Waals surface area contributed by atoms with Crippen LogP contribution in [0.1, 0.15) is 11.7 Å². The summed E-state index contributed by atoms with van der Waals surface area (Å²) in [6.07, 6.45) is 5.18. The van der Waals surface area contributed by atoms with E-state index < -0.39 is 16.8 Å². The van der Waals surface area contributed by atoms with Gasteiger partial charge >= 0.3 is 5.97 Å². The third-order valence-electron chi connectivity index (χ3n) is 2.81. The number of allylic oxidation sites excluding steroid dienone is 3. The molecule has 0 aromatic carbocycles. The van der Waals surface area contributed by atoms with Crippen LogP contribution in [-0.2, 0) is 14.3 Å². The number of imidazole rings is 1. The Labute approximate surface area is 112 Å². The van der Waals surface area contributed by atoms with E-state index in [4.69, 9.17) is 0 Å². The van der Waals surface area contributed by atoms with Crippen LogP contribution >= 0.6 is 0 Å². The van der Waals surface area contributed by atoms with Gasteiger partial charge in [-0.05, 0) is 6.08 Å². The number of carbonyl (C=O) groups excluding carboxylic acids is 2. The summed E-state index contributed by atoms with van der Waals surface area (Å²) in [5, 5.41) is 11.1. The molecule has 1 atom stereocenters. The molecule has 0 amide bonds. The first kappa shape index (κ1) is 13.4. The molecule has 1 N–H and O–H groups in total. The predicted octanol–water partition coefficient (Wildman–Crippen LogP) is 0.525. The number of nitro groups is 1. The second kappa shape index (κ2) is 5.33. The third-order valence-corrected chi connectivity index (χ3v) is 2.81. The number of nitrogens with zero attached hydrogens (tertiary/aromatic N) is 2. The molecular formula is C12H9N3O5. The van der Waals surface area contributed by atoms with Crippen molar-refractivity contribution in [3.63, 3.8) is 0 Å². The fourth-order valence-electron chi connectivity index (χ4n) is 1.94. The standard InChI is InChI=1S/C12H9N3O5/c1-20-12(17)7-2-3-9(15(18)19)10(8(7)6-16)11-13-4-5-14-11/h2-5,10H,1H3,(H,13,14). The zero-order chi connectivity index (χ0) is 14.7. The molecular weight excluding hydrogens is 266 g/mol. The number of esters is 1. The Bertz CT molecular complexity index is 665. The van der Waals surface area contributed by atoms with Crippen molar-refractivity contribution < 1.29 is 19.2 Å². The Morgan fingerprint density at radius 1 is 1.55 bits per heavy atom. The molecule has 102 valence electrons. The Kier molecular flexibility index (Phi) is 3.58. The van der Waals surface area contributed by atoms with Crippen molar-refractivity contribution in [3.05, 3.63) is 57.3 Å². The van der Waals surface area contributed by atoms with Crippen molar-refractivity contribution in [2.45, 2.75) is 5.92 Å². The Balaban J connectivity index is 2.61. The SMILES string of the molecule is COC(=O)C1=CC=C([N+](=O)[O-])C(c2ncc[nH]2)C1=C=O. The van der Waals surface area contributed by atoms with E-state index in [1.807, 2.05) is 0 Å². The van der Waals surface area contributed by atoms with Crippen molar-refractivity contribution in [1.82, 2.24) is 9.97 Å². The van der Waals surface area contributed by atoms with Crippen LogP contribution in [-0.4, -0.2) is 33.9 Å². The molecule has 0 radical (unpaired) electrons. The summed E-state index contributed by atoms with van der Waals surface area (Å²) in [5.41, 5.74) is -0.526. The minimum atomic E-state index is -1.09. The highest BCUT2D eigenvalue weighted by molar-refractivity contribution is 5.98. The molecule has 1 aliphatic carbocycles. The van der Waals surface area contributed by atoms with Crippen LogP contribution in [0.3, 0.4) is 0 Å². The van der Waals surface area contributed by atoms with Gasteiger partial charge in [-0.15, -0.1) is 0 Å². The molecule has 0 bridgehead atoms. The van der Waals surface area contributed by atoms with E-state index in [-0.39, 0.29) is 22.7 Å². The van der Waals surface area contributed by atoms with Gasteiger partial charge in [0.05, 0.1) is 23.2 Å². The molecule has 1 unspecified atom stereocenters. The molecule has 0 spiro atoms. The minimum absolute atomic E-state index is 0.0745. The van der Waals surface area contributed by atoms with E-state index in [0.29, 0.717) is 0 Å². The summed E-state index contributed by atoms with van der Waals surface area (Å²) in [6.45, 7) is 0. The van der Waals surface area contributed by atoms with Crippen LogP contribution in [0.25, 0.3) is 0 Å². The summed E-state index contributed by atoms with van der Waals surface area (Å²) in [4.78, 5) is 39.8. The van der Waals surface area contributed by atoms with E-state index in [1.54, 1.807) is 5.94 Å². The van der Waals surface area contributed by atoms with Crippen molar-refractivity contribution in [1.29, 1.82) is 0 Å². The molecule has 1 aliphatic rings. The van der Waals surface area contributed by atoms with Gasteiger partial charge in [0.25, 0.3) is 5.70 Å². The van der Waals surface area contributed by atoms with E-state index in [1.165, 1.54) is 18.5 Å². The van der Waals surface area contributed by atoms with E-state index in [2.05, 4.69) is 14.7 Å². The number of carbonyl (C=O) groups is 1. The number of nitrogens with one attached hydrogen (secondary N) is 1. The van der Waals surface area contributed by atoms with Crippen LogP contribution in [0.4, 0.5) is 0 Å². The predicted molar refractivity (Wildman–Crippen MR) is 65.7 cm³/mol.